The summed E-state index contributed by atoms with van der Waals surface area (Å²) in [4.78, 5) is 20.0. The predicted molar refractivity (Wildman–Crippen MR) is 88.2 cm³/mol. The number of carbonyl (C=O) groups is 1. The molecule has 1 N–H and O–H groups in total. The standard InChI is InChI=1S/C15H19N5O3S/c16-9-12-1-2-13(10-17-12)18-15(21)20-6-4-19(5-7-20)14-3-8-24(22,23)11-14/h1-2,10,14H,3-8,11H2,(H,18,21)/t14-/m0/s1. The van der Waals surface area contributed by atoms with Crippen molar-refractivity contribution in [3.63, 3.8) is 0 Å². The number of sulfone groups is 1. The summed E-state index contributed by atoms with van der Waals surface area (Å²) in [6, 6.07) is 5.00. The van der Waals surface area contributed by atoms with Crippen LogP contribution in [0.3, 0.4) is 0 Å². The van der Waals surface area contributed by atoms with Crippen LogP contribution >= 0.6 is 0 Å². The molecule has 2 saturated heterocycles. The van der Waals surface area contributed by atoms with E-state index in [-0.39, 0.29) is 23.6 Å². The Bertz CT molecular complexity index is 748. The minimum absolute atomic E-state index is 0.0861. The van der Waals surface area contributed by atoms with Crippen LogP contribution in [0.5, 0.6) is 0 Å². The molecule has 0 spiro atoms. The molecule has 2 aliphatic rings. The molecule has 2 aliphatic heterocycles. The van der Waals surface area contributed by atoms with E-state index in [0.717, 1.165) is 0 Å². The molecular formula is C15H19N5O3S. The third-order valence-electron chi connectivity index (χ3n) is 4.46. The van der Waals surface area contributed by atoms with Crippen LogP contribution in [0.2, 0.25) is 0 Å². The van der Waals surface area contributed by atoms with Crippen molar-refractivity contribution in [2.75, 3.05) is 43.0 Å². The van der Waals surface area contributed by atoms with Gasteiger partial charge in [-0.25, -0.2) is 18.2 Å². The van der Waals surface area contributed by atoms with Crippen LogP contribution in [0.1, 0.15) is 12.1 Å². The highest BCUT2D eigenvalue weighted by molar-refractivity contribution is 7.91. The quantitative estimate of drug-likeness (QED) is 0.822. The number of hydrogen-bond acceptors (Lipinski definition) is 6. The molecule has 0 bridgehead atoms. The fraction of sp³-hybridized carbons (Fsp3) is 0.533. The maximum absolute atomic E-state index is 12.3. The van der Waals surface area contributed by atoms with E-state index in [4.69, 9.17) is 5.26 Å². The molecule has 2 amide bonds. The van der Waals surface area contributed by atoms with E-state index < -0.39 is 9.84 Å². The molecule has 0 unspecified atom stereocenters. The monoisotopic (exact) mass is 349 g/mol. The third-order valence-corrected chi connectivity index (χ3v) is 6.21. The number of urea groups is 1. The third kappa shape index (κ3) is 3.83. The van der Waals surface area contributed by atoms with Crippen molar-refractivity contribution < 1.29 is 13.2 Å². The van der Waals surface area contributed by atoms with E-state index in [1.54, 1.807) is 17.0 Å². The molecule has 0 saturated carbocycles. The average molecular weight is 349 g/mol. The van der Waals surface area contributed by atoms with Gasteiger partial charge < -0.3 is 10.2 Å². The molecule has 2 fully saturated rings. The van der Waals surface area contributed by atoms with Gasteiger partial charge in [-0.2, -0.15) is 5.26 Å². The van der Waals surface area contributed by atoms with Gasteiger partial charge >= 0.3 is 6.03 Å². The first-order chi connectivity index (χ1) is 11.5. The molecule has 1 atom stereocenters. The van der Waals surface area contributed by atoms with Crippen molar-refractivity contribution in [2.24, 2.45) is 0 Å². The molecule has 3 heterocycles. The highest BCUT2D eigenvalue weighted by Crippen LogP contribution is 2.19. The molecule has 9 heteroatoms. The number of rotatable bonds is 2. The van der Waals surface area contributed by atoms with Crippen molar-refractivity contribution in [1.82, 2.24) is 14.8 Å². The highest BCUT2D eigenvalue weighted by atomic mass is 32.2. The normalized spacial score (nSPS) is 23.6. The second-order valence-corrected chi connectivity index (χ2v) is 8.28. The van der Waals surface area contributed by atoms with Gasteiger partial charge in [0.1, 0.15) is 11.8 Å². The number of anilines is 1. The van der Waals surface area contributed by atoms with Crippen molar-refractivity contribution in [3.05, 3.63) is 24.0 Å². The first kappa shape index (κ1) is 16.7. The van der Waals surface area contributed by atoms with Crippen molar-refractivity contribution in [1.29, 1.82) is 5.26 Å². The topological polar surface area (TPSA) is 106 Å². The molecule has 1 aromatic heterocycles. The Morgan fingerprint density at radius 3 is 2.58 bits per heavy atom. The molecule has 0 aliphatic carbocycles. The van der Waals surface area contributed by atoms with E-state index in [9.17, 15) is 13.2 Å². The molecule has 128 valence electrons. The van der Waals surface area contributed by atoms with Gasteiger partial charge in [0.2, 0.25) is 0 Å². The summed E-state index contributed by atoms with van der Waals surface area (Å²) < 4.78 is 23.2. The Morgan fingerprint density at radius 1 is 1.29 bits per heavy atom. The molecule has 24 heavy (non-hydrogen) atoms. The molecule has 3 rings (SSSR count). The van der Waals surface area contributed by atoms with Crippen molar-refractivity contribution in [2.45, 2.75) is 12.5 Å². The van der Waals surface area contributed by atoms with E-state index in [0.29, 0.717) is 44.0 Å². The Kier molecular flexibility index (Phi) is 4.69. The summed E-state index contributed by atoms with van der Waals surface area (Å²) in [6.07, 6.45) is 2.14. The van der Waals surface area contributed by atoms with Crippen molar-refractivity contribution in [3.8, 4) is 6.07 Å². The SMILES string of the molecule is N#Cc1ccc(NC(=O)N2CCN([C@H]3CCS(=O)(=O)C3)CC2)cn1. The van der Waals surface area contributed by atoms with E-state index in [1.165, 1.54) is 6.20 Å². The minimum atomic E-state index is -2.89. The number of pyridine rings is 1. The van der Waals surface area contributed by atoms with Gasteiger partial charge in [0, 0.05) is 32.2 Å². The molecule has 8 nitrogen and oxygen atoms in total. The van der Waals surface area contributed by atoms with Crippen LogP contribution in [0.4, 0.5) is 10.5 Å². The summed E-state index contributed by atoms with van der Waals surface area (Å²) in [5.41, 5.74) is 0.844. The molecule has 0 radical (unpaired) electrons. The van der Waals surface area contributed by atoms with Gasteiger partial charge in [-0.3, -0.25) is 4.90 Å². The average Bonchev–Trinajstić information content (AvgIpc) is 2.95. The number of nitrogens with one attached hydrogen (secondary N) is 1. The largest absolute Gasteiger partial charge is 0.322 e. The van der Waals surface area contributed by atoms with E-state index in [1.807, 2.05) is 6.07 Å². The van der Waals surface area contributed by atoms with Crippen LogP contribution in [0.15, 0.2) is 18.3 Å². The summed E-state index contributed by atoms with van der Waals surface area (Å²) >= 11 is 0. The lowest BCUT2D eigenvalue weighted by Crippen LogP contribution is -2.53. The van der Waals surface area contributed by atoms with Crippen LogP contribution in [0.25, 0.3) is 0 Å². The Hall–Kier alpha value is -2.18. The highest BCUT2D eigenvalue weighted by Gasteiger charge is 2.34. The second kappa shape index (κ2) is 6.75. The zero-order chi connectivity index (χ0) is 17.2. The van der Waals surface area contributed by atoms with Crippen LogP contribution in [-0.4, -0.2) is 73.0 Å². The Morgan fingerprint density at radius 2 is 2.04 bits per heavy atom. The van der Waals surface area contributed by atoms with Gasteiger partial charge in [0.15, 0.2) is 9.84 Å². The van der Waals surface area contributed by atoms with E-state index in [2.05, 4.69) is 15.2 Å². The number of nitriles is 1. The Balaban J connectivity index is 1.51. The van der Waals surface area contributed by atoms with E-state index >= 15 is 0 Å². The zero-order valence-corrected chi connectivity index (χ0v) is 14.0. The van der Waals surface area contributed by atoms with Gasteiger partial charge in [-0.1, -0.05) is 0 Å². The summed E-state index contributed by atoms with van der Waals surface area (Å²) in [5.74, 6) is 0.500. The van der Waals surface area contributed by atoms with Gasteiger partial charge in [-0.05, 0) is 18.6 Å². The number of piperazine rings is 1. The van der Waals surface area contributed by atoms with Gasteiger partial charge in [0.25, 0.3) is 0 Å². The minimum Gasteiger partial charge on any atom is -0.322 e. The Labute approximate surface area is 141 Å². The predicted octanol–water partition coefficient (Wildman–Crippen LogP) is 0.290. The number of hydrogen-bond donors (Lipinski definition) is 1. The number of nitrogens with zero attached hydrogens (tertiary/aromatic N) is 4. The zero-order valence-electron chi connectivity index (χ0n) is 13.2. The fourth-order valence-corrected chi connectivity index (χ4v) is 4.85. The lowest BCUT2D eigenvalue weighted by atomic mass is 10.2. The lowest BCUT2D eigenvalue weighted by Gasteiger charge is -2.37. The maximum atomic E-state index is 12.3. The maximum Gasteiger partial charge on any atom is 0.321 e. The molecule has 0 aromatic carbocycles. The van der Waals surface area contributed by atoms with Crippen LogP contribution in [-0.2, 0) is 9.84 Å². The summed E-state index contributed by atoms with van der Waals surface area (Å²) in [6.45, 7) is 2.48. The first-order valence-corrected chi connectivity index (χ1v) is 9.65. The number of carbonyl (C=O) groups excluding carboxylic acids is 1. The summed E-state index contributed by atoms with van der Waals surface area (Å²) in [5, 5.41) is 11.5. The second-order valence-electron chi connectivity index (χ2n) is 6.05. The molecular weight excluding hydrogens is 330 g/mol. The van der Waals surface area contributed by atoms with Crippen LogP contribution in [0, 0.1) is 11.3 Å². The first-order valence-electron chi connectivity index (χ1n) is 7.83. The lowest BCUT2D eigenvalue weighted by molar-refractivity contribution is 0.121. The van der Waals surface area contributed by atoms with Crippen molar-refractivity contribution >= 4 is 21.6 Å². The fourth-order valence-electron chi connectivity index (χ4n) is 3.09. The van der Waals surface area contributed by atoms with Gasteiger partial charge in [-0.15, -0.1) is 0 Å². The number of aromatic nitrogens is 1. The molecule has 1 aromatic rings. The number of amides is 2. The van der Waals surface area contributed by atoms with Gasteiger partial charge in [0.05, 0.1) is 23.4 Å². The smallest absolute Gasteiger partial charge is 0.321 e. The van der Waals surface area contributed by atoms with Crippen LogP contribution < -0.4 is 5.32 Å². The summed E-state index contributed by atoms with van der Waals surface area (Å²) in [7, 11) is -2.89.